The van der Waals surface area contributed by atoms with Crippen LogP contribution in [0, 0.1) is 20.8 Å². The summed E-state index contributed by atoms with van der Waals surface area (Å²) in [7, 11) is -3.69. The molecule has 0 fully saturated rings. The monoisotopic (exact) mass is 291 g/mol. The third-order valence-corrected chi connectivity index (χ3v) is 4.10. The van der Waals surface area contributed by atoms with Gasteiger partial charge in [-0.2, -0.15) is 0 Å². The summed E-state index contributed by atoms with van der Waals surface area (Å²) in [5.74, 6) is 1.34. The molecule has 0 aromatic heterocycles. The molecule has 5 heteroatoms. The Labute approximate surface area is 119 Å². The van der Waals surface area contributed by atoms with Gasteiger partial charge in [0, 0.05) is 0 Å². The maximum absolute atomic E-state index is 11.4. The zero-order valence-electron chi connectivity index (χ0n) is 11.7. The normalized spacial score (nSPS) is 11.4. The smallest absolute Gasteiger partial charge is 0.238 e. The minimum atomic E-state index is -3.69. The number of nitrogens with two attached hydrogens (primary N) is 1. The first-order chi connectivity index (χ1) is 9.27. The van der Waals surface area contributed by atoms with E-state index < -0.39 is 10.0 Å². The molecule has 20 heavy (non-hydrogen) atoms. The van der Waals surface area contributed by atoms with E-state index in [-0.39, 0.29) is 4.90 Å². The summed E-state index contributed by atoms with van der Waals surface area (Å²) in [6.45, 7) is 5.64. The van der Waals surface area contributed by atoms with Crippen molar-refractivity contribution in [2.45, 2.75) is 25.7 Å². The summed E-state index contributed by atoms with van der Waals surface area (Å²) in [5, 5.41) is 5.14. The van der Waals surface area contributed by atoms with E-state index in [4.69, 9.17) is 9.88 Å². The molecule has 106 valence electrons. The molecule has 4 nitrogen and oxygen atoms in total. The number of rotatable bonds is 3. The van der Waals surface area contributed by atoms with Gasteiger partial charge in [0.25, 0.3) is 0 Å². The van der Waals surface area contributed by atoms with Gasteiger partial charge in [0.2, 0.25) is 10.0 Å². The quantitative estimate of drug-likeness (QED) is 0.945. The Hall–Kier alpha value is -1.85. The van der Waals surface area contributed by atoms with E-state index in [2.05, 4.69) is 0 Å². The zero-order chi connectivity index (χ0) is 14.9. The third kappa shape index (κ3) is 3.18. The van der Waals surface area contributed by atoms with Crippen molar-refractivity contribution in [1.82, 2.24) is 0 Å². The first-order valence-corrected chi connectivity index (χ1v) is 7.70. The van der Waals surface area contributed by atoms with Crippen LogP contribution in [0.3, 0.4) is 0 Å². The predicted octanol–water partition coefficient (Wildman–Crippen LogP) is 3.05. The van der Waals surface area contributed by atoms with Gasteiger partial charge in [-0.3, -0.25) is 0 Å². The maximum Gasteiger partial charge on any atom is 0.238 e. The molecule has 0 bridgehead atoms. The summed E-state index contributed by atoms with van der Waals surface area (Å²) >= 11 is 0. The molecule has 0 spiro atoms. The lowest BCUT2D eigenvalue weighted by molar-refractivity contribution is 0.477. The van der Waals surface area contributed by atoms with Crippen LogP contribution in [0.4, 0.5) is 0 Å². The Kier molecular flexibility index (Phi) is 3.83. The third-order valence-electron chi connectivity index (χ3n) is 3.02. The van der Waals surface area contributed by atoms with Gasteiger partial charge >= 0.3 is 0 Å². The topological polar surface area (TPSA) is 69.4 Å². The number of primary sulfonamides is 1. The highest BCUT2D eigenvalue weighted by Gasteiger charge is 2.12. The van der Waals surface area contributed by atoms with Crippen LogP contribution in [0.15, 0.2) is 41.3 Å². The van der Waals surface area contributed by atoms with Gasteiger partial charge in [-0.15, -0.1) is 0 Å². The highest BCUT2D eigenvalue weighted by molar-refractivity contribution is 7.89. The van der Waals surface area contributed by atoms with Crippen LogP contribution in [0.2, 0.25) is 0 Å². The second-order valence-corrected chi connectivity index (χ2v) is 6.37. The van der Waals surface area contributed by atoms with Crippen molar-refractivity contribution in [3.8, 4) is 11.5 Å². The average molecular weight is 291 g/mol. The lowest BCUT2D eigenvalue weighted by Gasteiger charge is -2.11. The fraction of sp³-hybridized carbons (Fsp3) is 0.200. The minimum absolute atomic E-state index is 0.116. The summed E-state index contributed by atoms with van der Waals surface area (Å²) in [6, 6.07) is 10.7. The first kappa shape index (κ1) is 14.6. The fourth-order valence-electron chi connectivity index (χ4n) is 1.95. The maximum atomic E-state index is 11.4. The summed E-state index contributed by atoms with van der Waals surface area (Å²) < 4.78 is 28.5. The van der Waals surface area contributed by atoms with E-state index in [1.807, 2.05) is 32.0 Å². The van der Waals surface area contributed by atoms with Crippen molar-refractivity contribution in [2.75, 3.05) is 0 Å². The molecule has 0 atom stereocenters. The number of ether oxygens (including phenoxy) is 1. The average Bonchev–Trinajstić information content (AvgIpc) is 2.32. The molecule has 0 saturated carbocycles. The number of benzene rings is 2. The highest BCUT2D eigenvalue weighted by Crippen LogP contribution is 2.28. The largest absolute Gasteiger partial charge is 0.457 e. The number of aryl methyl sites for hydroxylation is 3. The van der Waals surface area contributed by atoms with Gasteiger partial charge in [0.15, 0.2) is 0 Å². The van der Waals surface area contributed by atoms with Crippen LogP contribution >= 0.6 is 0 Å². The van der Waals surface area contributed by atoms with Crippen LogP contribution < -0.4 is 9.88 Å². The van der Waals surface area contributed by atoms with Gasteiger partial charge in [-0.05, 0) is 61.7 Å². The molecule has 0 aliphatic heterocycles. The van der Waals surface area contributed by atoms with E-state index in [9.17, 15) is 8.42 Å². The molecular formula is C15H17NO3S. The SMILES string of the molecule is Cc1ccc(C)c(Oc2ccc(S(N)(=O)=O)c(C)c2)c1. The molecule has 0 saturated heterocycles. The van der Waals surface area contributed by atoms with E-state index in [1.54, 1.807) is 19.1 Å². The second-order valence-electron chi connectivity index (χ2n) is 4.84. The van der Waals surface area contributed by atoms with Crippen LogP contribution in [0.25, 0.3) is 0 Å². The summed E-state index contributed by atoms with van der Waals surface area (Å²) in [5.41, 5.74) is 2.68. The minimum Gasteiger partial charge on any atom is -0.457 e. The molecule has 0 amide bonds. The molecular weight excluding hydrogens is 274 g/mol. The molecule has 0 unspecified atom stereocenters. The Morgan fingerprint density at radius 2 is 1.65 bits per heavy atom. The van der Waals surface area contributed by atoms with Crippen molar-refractivity contribution >= 4 is 10.0 Å². The molecule has 0 aliphatic carbocycles. The molecule has 0 heterocycles. The van der Waals surface area contributed by atoms with Gasteiger partial charge in [-0.25, -0.2) is 13.6 Å². The van der Waals surface area contributed by atoms with Gasteiger partial charge in [0.1, 0.15) is 11.5 Å². The van der Waals surface area contributed by atoms with E-state index in [0.717, 1.165) is 16.9 Å². The summed E-state index contributed by atoms with van der Waals surface area (Å²) in [4.78, 5) is 0.116. The molecule has 0 radical (unpaired) electrons. The lowest BCUT2D eigenvalue weighted by Crippen LogP contribution is -2.13. The van der Waals surface area contributed by atoms with Crippen molar-refractivity contribution in [3.05, 3.63) is 53.1 Å². The standard InChI is InChI=1S/C15H17NO3S/c1-10-4-5-11(2)14(8-10)19-13-6-7-15(12(3)9-13)20(16,17)18/h4-9H,1-3H3,(H2,16,17,18). The van der Waals surface area contributed by atoms with Crippen molar-refractivity contribution in [3.63, 3.8) is 0 Å². The van der Waals surface area contributed by atoms with Gasteiger partial charge < -0.3 is 4.74 Å². The Morgan fingerprint density at radius 1 is 0.950 bits per heavy atom. The van der Waals surface area contributed by atoms with Gasteiger partial charge in [0.05, 0.1) is 4.90 Å². The van der Waals surface area contributed by atoms with E-state index >= 15 is 0 Å². The number of sulfonamides is 1. The molecule has 2 N–H and O–H groups in total. The molecule has 0 aliphatic rings. The molecule has 2 rings (SSSR count). The second kappa shape index (κ2) is 5.26. The van der Waals surface area contributed by atoms with Crippen LogP contribution in [-0.4, -0.2) is 8.42 Å². The summed E-state index contributed by atoms with van der Waals surface area (Å²) in [6.07, 6.45) is 0. The Balaban J connectivity index is 2.36. The van der Waals surface area contributed by atoms with Crippen molar-refractivity contribution in [2.24, 2.45) is 5.14 Å². The number of hydrogen-bond donors (Lipinski definition) is 1. The van der Waals surface area contributed by atoms with E-state index in [0.29, 0.717) is 11.3 Å². The molecule has 2 aromatic rings. The molecule has 2 aromatic carbocycles. The van der Waals surface area contributed by atoms with Crippen LogP contribution in [0.1, 0.15) is 16.7 Å². The van der Waals surface area contributed by atoms with E-state index in [1.165, 1.54) is 6.07 Å². The van der Waals surface area contributed by atoms with Crippen molar-refractivity contribution in [1.29, 1.82) is 0 Å². The lowest BCUT2D eigenvalue weighted by atomic mass is 10.1. The Morgan fingerprint density at radius 3 is 2.25 bits per heavy atom. The zero-order valence-corrected chi connectivity index (χ0v) is 12.5. The van der Waals surface area contributed by atoms with Gasteiger partial charge in [-0.1, -0.05) is 12.1 Å². The Bertz CT molecular complexity index is 752. The predicted molar refractivity (Wildman–Crippen MR) is 78.5 cm³/mol. The highest BCUT2D eigenvalue weighted by atomic mass is 32.2. The van der Waals surface area contributed by atoms with Crippen LogP contribution in [0.5, 0.6) is 11.5 Å². The number of hydrogen-bond acceptors (Lipinski definition) is 3. The van der Waals surface area contributed by atoms with Crippen LogP contribution in [-0.2, 0) is 10.0 Å². The first-order valence-electron chi connectivity index (χ1n) is 6.16. The fourth-order valence-corrected chi connectivity index (χ4v) is 2.71. The van der Waals surface area contributed by atoms with Crippen molar-refractivity contribution < 1.29 is 13.2 Å².